The predicted molar refractivity (Wildman–Crippen MR) is 211 cm³/mol. The molecule has 0 N–H and O–H groups in total. The van der Waals surface area contributed by atoms with Crippen LogP contribution in [0, 0.1) is 6.57 Å². The van der Waals surface area contributed by atoms with Gasteiger partial charge in [0.1, 0.15) is 5.65 Å². The van der Waals surface area contributed by atoms with Crippen molar-refractivity contribution in [2.24, 2.45) is 0 Å². The highest BCUT2D eigenvalue weighted by Gasteiger charge is 2.21. The minimum absolute atomic E-state index is 0.550. The molecule has 0 bridgehead atoms. The van der Waals surface area contributed by atoms with Crippen molar-refractivity contribution >= 4 is 49.4 Å². The molecule has 0 saturated heterocycles. The Morgan fingerprint density at radius 2 is 1.17 bits per heavy atom. The van der Waals surface area contributed by atoms with Crippen LogP contribution in [-0.4, -0.2) is 24.1 Å². The van der Waals surface area contributed by atoms with Crippen molar-refractivity contribution in [2.75, 3.05) is 0 Å². The molecule has 0 radical (unpaired) electrons. The van der Waals surface area contributed by atoms with Gasteiger partial charge < -0.3 is 4.57 Å². The standard InChI is InChI=1S/C46H28N6/c1-47-33-17-10-16-32(27-33)45-49-39(30-13-4-2-5-14-30)29-40(50-45)31-15-11-20-35(28-31)52-44-36(37-22-12-26-48-46(37)52)24-25-42-43(44)38-21-8-9-23-41(38)51(42)34-18-6-3-7-19-34/h2-29H. The molecule has 10 aromatic rings. The van der Waals surface area contributed by atoms with Crippen molar-refractivity contribution in [3.63, 3.8) is 0 Å². The number of aromatic nitrogens is 5. The second-order valence-electron chi connectivity index (χ2n) is 12.8. The molecule has 6 aromatic carbocycles. The van der Waals surface area contributed by atoms with E-state index in [-0.39, 0.29) is 0 Å². The third-order valence-corrected chi connectivity index (χ3v) is 9.77. The Kier molecular flexibility index (Phi) is 6.76. The second-order valence-corrected chi connectivity index (χ2v) is 12.8. The average Bonchev–Trinajstić information content (AvgIpc) is 3.74. The van der Waals surface area contributed by atoms with E-state index in [9.17, 15) is 0 Å². The summed E-state index contributed by atoms with van der Waals surface area (Å²) in [5.41, 5.74) is 11.3. The molecule has 0 saturated carbocycles. The van der Waals surface area contributed by atoms with Gasteiger partial charge >= 0.3 is 0 Å². The van der Waals surface area contributed by atoms with Crippen LogP contribution in [-0.2, 0) is 0 Å². The zero-order valence-corrected chi connectivity index (χ0v) is 27.8. The summed E-state index contributed by atoms with van der Waals surface area (Å²) >= 11 is 0. The first-order valence-electron chi connectivity index (χ1n) is 17.1. The first-order valence-corrected chi connectivity index (χ1v) is 17.1. The van der Waals surface area contributed by atoms with Crippen molar-refractivity contribution in [3.8, 4) is 45.3 Å². The van der Waals surface area contributed by atoms with Crippen molar-refractivity contribution in [3.05, 3.63) is 181 Å². The van der Waals surface area contributed by atoms with Gasteiger partial charge in [0.2, 0.25) is 0 Å². The summed E-state index contributed by atoms with van der Waals surface area (Å²) in [6, 6.07) is 56.1. The molecule has 0 fully saturated rings. The molecular weight excluding hydrogens is 637 g/mol. The number of pyridine rings is 1. The van der Waals surface area contributed by atoms with Crippen molar-refractivity contribution in [2.45, 2.75) is 0 Å². The van der Waals surface area contributed by atoms with Crippen LogP contribution in [0.1, 0.15) is 0 Å². The molecule has 0 aliphatic heterocycles. The quantitative estimate of drug-likeness (QED) is 0.172. The van der Waals surface area contributed by atoms with E-state index in [1.54, 1.807) is 6.07 Å². The molecule has 0 amide bonds. The Balaban J connectivity index is 1.24. The molecular formula is C46H28N6. The lowest BCUT2D eigenvalue weighted by molar-refractivity contribution is 1.14. The van der Waals surface area contributed by atoms with Crippen LogP contribution in [0.15, 0.2) is 170 Å². The number of fused-ring (bicyclic) bond motifs is 7. The molecule has 242 valence electrons. The Bertz CT molecular complexity index is 3020. The van der Waals surface area contributed by atoms with Crippen LogP contribution in [0.4, 0.5) is 5.69 Å². The maximum absolute atomic E-state index is 7.58. The Morgan fingerprint density at radius 3 is 2.02 bits per heavy atom. The summed E-state index contributed by atoms with van der Waals surface area (Å²) in [6.07, 6.45) is 1.87. The smallest absolute Gasteiger partial charge is 0.187 e. The van der Waals surface area contributed by atoms with E-state index in [0.29, 0.717) is 11.5 Å². The van der Waals surface area contributed by atoms with E-state index in [1.165, 1.54) is 10.8 Å². The predicted octanol–water partition coefficient (Wildman–Crippen LogP) is 11.6. The van der Waals surface area contributed by atoms with E-state index < -0.39 is 0 Å². The average molecular weight is 665 g/mol. The maximum atomic E-state index is 7.58. The van der Waals surface area contributed by atoms with Gasteiger partial charge in [0, 0.05) is 55.8 Å². The largest absolute Gasteiger partial charge is 0.309 e. The van der Waals surface area contributed by atoms with Gasteiger partial charge in [0.15, 0.2) is 11.5 Å². The molecule has 10 rings (SSSR count). The fourth-order valence-electron chi connectivity index (χ4n) is 7.49. The molecule has 4 aromatic heterocycles. The van der Waals surface area contributed by atoms with E-state index >= 15 is 0 Å². The number of para-hydroxylation sites is 2. The second kappa shape index (κ2) is 11.9. The van der Waals surface area contributed by atoms with Crippen LogP contribution in [0.5, 0.6) is 0 Å². The van der Waals surface area contributed by atoms with Gasteiger partial charge in [-0.3, -0.25) is 4.57 Å². The lowest BCUT2D eigenvalue weighted by Crippen LogP contribution is -1.98. The van der Waals surface area contributed by atoms with Crippen molar-refractivity contribution < 1.29 is 0 Å². The van der Waals surface area contributed by atoms with Crippen LogP contribution in [0.25, 0.3) is 93.9 Å². The fourth-order valence-corrected chi connectivity index (χ4v) is 7.49. The molecule has 0 aliphatic carbocycles. The molecule has 6 nitrogen and oxygen atoms in total. The van der Waals surface area contributed by atoms with Crippen LogP contribution < -0.4 is 0 Å². The highest BCUT2D eigenvalue weighted by molar-refractivity contribution is 6.25. The Morgan fingerprint density at radius 1 is 0.481 bits per heavy atom. The molecule has 0 atom stereocenters. The van der Waals surface area contributed by atoms with Crippen LogP contribution in [0.3, 0.4) is 0 Å². The van der Waals surface area contributed by atoms with Gasteiger partial charge in [-0.25, -0.2) is 19.8 Å². The first-order chi connectivity index (χ1) is 25.7. The Labute approximate surface area is 299 Å². The van der Waals surface area contributed by atoms with Gasteiger partial charge in [-0.15, -0.1) is 0 Å². The van der Waals surface area contributed by atoms with E-state index in [4.69, 9.17) is 21.5 Å². The maximum Gasteiger partial charge on any atom is 0.187 e. The first kappa shape index (κ1) is 29.5. The highest BCUT2D eigenvalue weighted by Crippen LogP contribution is 2.42. The zero-order chi connectivity index (χ0) is 34.6. The van der Waals surface area contributed by atoms with Gasteiger partial charge in [0.25, 0.3) is 0 Å². The number of benzene rings is 6. The van der Waals surface area contributed by atoms with Crippen LogP contribution in [0.2, 0.25) is 0 Å². The Hall–Kier alpha value is -7.36. The van der Waals surface area contributed by atoms with E-state index in [1.807, 2.05) is 54.7 Å². The number of hydrogen-bond acceptors (Lipinski definition) is 3. The SMILES string of the molecule is [C-]#[N+]c1cccc(-c2nc(-c3ccccc3)cc(-c3cccc(-n4c5ncccc5c5ccc6c(c7ccccc7n6-c6ccccc6)c54)c3)n2)c1. The lowest BCUT2D eigenvalue weighted by atomic mass is 10.1. The molecule has 0 unspecified atom stereocenters. The number of hydrogen-bond donors (Lipinski definition) is 0. The number of nitrogens with zero attached hydrogens (tertiary/aromatic N) is 6. The monoisotopic (exact) mass is 664 g/mol. The van der Waals surface area contributed by atoms with Crippen LogP contribution >= 0.6 is 0 Å². The highest BCUT2D eigenvalue weighted by atomic mass is 15.1. The molecule has 0 aliphatic rings. The minimum Gasteiger partial charge on any atom is -0.309 e. The normalized spacial score (nSPS) is 11.4. The summed E-state index contributed by atoms with van der Waals surface area (Å²) in [4.78, 5) is 18.7. The molecule has 0 spiro atoms. The van der Waals surface area contributed by atoms with Crippen molar-refractivity contribution in [1.29, 1.82) is 0 Å². The van der Waals surface area contributed by atoms with Crippen molar-refractivity contribution in [1.82, 2.24) is 24.1 Å². The lowest BCUT2D eigenvalue weighted by Gasteiger charge is -2.13. The molecule has 52 heavy (non-hydrogen) atoms. The van der Waals surface area contributed by atoms with Gasteiger partial charge in [-0.1, -0.05) is 103 Å². The molecule has 4 heterocycles. The summed E-state index contributed by atoms with van der Waals surface area (Å²) in [5, 5.41) is 4.60. The van der Waals surface area contributed by atoms with Gasteiger partial charge in [-0.05, 0) is 60.7 Å². The molecule has 6 heteroatoms. The third kappa shape index (κ3) is 4.68. The van der Waals surface area contributed by atoms with Gasteiger partial charge in [-0.2, -0.15) is 0 Å². The van der Waals surface area contributed by atoms with E-state index in [0.717, 1.165) is 72.4 Å². The summed E-state index contributed by atoms with van der Waals surface area (Å²) in [6.45, 7) is 7.58. The van der Waals surface area contributed by atoms with E-state index in [2.05, 4.69) is 123 Å². The summed E-state index contributed by atoms with van der Waals surface area (Å²) < 4.78 is 4.66. The summed E-state index contributed by atoms with van der Waals surface area (Å²) in [5.74, 6) is 0.571. The summed E-state index contributed by atoms with van der Waals surface area (Å²) in [7, 11) is 0. The zero-order valence-electron chi connectivity index (χ0n) is 27.8. The topological polar surface area (TPSA) is 52.9 Å². The minimum atomic E-state index is 0.550. The fraction of sp³-hybridized carbons (Fsp3) is 0. The van der Waals surface area contributed by atoms with Gasteiger partial charge in [0.05, 0.1) is 34.5 Å². The third-order valence-electron chi connectivity index (χ3n) is 9.77. The number of rotatable bonds is 5.